The molecule has 2 aliphatic carbocycles. The Hall–Kier alpha value is -1.10. The van der Waals surface area contributed by atoms with Gasteiger partial charge in [0.15, 0.2) is 0 Å². The lowest BCUT2D eigenvalue weighted by molar-refractivity contribution is -0.147. The van der Waals surface area contributed by atoms with Crippen molar-refractivity contribution in [3.8, 4) is 0 Å². The maximum absolute atomic E-state index is 12.7. The molecule has 1 aliphatic heterocycles. The number of ether oxygens (including phenoxy) is 1. The molecule has 0 aromatic rings. The summed E-state index contributed by atoms with van der Waals surface area (Å²) in [5.74, 6) is -0.00346. The van der Waals surface area contributed by atoms with Gasteiger partial charge in [0, 0.05) is 12.0 Å². The van der Waals surface area contributed by atoms with E-state index in [1.165, 1.54) is 20.0 Å². The summed E-state index contributed by atoms with van der Waals surface area (Å²) in [7, 11) is 1.45. The van der Waals surface area contributed by atoms with Crippen LogP contribution in [-0.4, -0.2) is 38.1 Å². The van der Waals surface area contributed by atoms with Gasteiger partial charge in [0.2, 0.25) is 5.91 Å². The van der Waals surface area contributed by atoms with Crippen molar-refractivity contribution in [2.45, 2.75) is 63.8 Å². The Morgan fingerprint density at radius 3 is 2.48 bits per heavy atom. The van der Waals surface area contributed by atoms with Crippen molar-refractivity contribution in [3.63, 3.8) is 0 Å². The third-order valence-electron chi connectivity index (χ3n) is 6.20. The van der Waals surface area contributed by atoms with Crippen LogP contribution in [0.1, 0.15) is 57.8 Å². The number of nitrogens with one attached hydrogen (secondary N) is 2. The minimum atomic E-state index is -0.174. The number of methoxy groups -OCH3 is 1. The molecule has 1 amide bonds. The first-order valence-corrected chi connectivity index (χ1v) is 9.25. The molecule has 5 heteroatoms. The molecule has 1 spiro atoms. The lowest BCUT2D eigenvalue weighted by atomic mass is 9.86. The van der Waals surface area contributed by atoms with Gasteiger partial charge in [-0.2, -0.15) is 0 Å². The largest absolute Gasteiger partial charge is 0.469 e. The first kappa shape index (κ1) is 16.7. The molecular weight excluding hydrogens is 292 g/mol. The van der Waals surface area contributed by atoms with E-state index in [1.807, 2.05) is 0 Å². The molecule has 3 aliphatic rings. The molecule has 0 bridgehead atoms. The Labute approximate surface area is 138 Å². The van der Waals surface area contributed by atoms with Gasteiger partial charge >= 0.3 is 5.97 Å². The van der Waals surface area contributed by atoms with E-state index in [0.717, 1.165) is 58.0 Å². The van der Waals surface area contributed by atoms with Gasteiger partial charge in [-0.15, -0.1) is 0 Å². The molecule has 0 radical (unpaired) electrons. The minimum absolute atomic E-state index is 0.0467. The van der Waals surface area contributed by atoms with Gasteiger partial charge in [0.05, 0.1) is 13.0 Å². The zero-order valence-corrected chi connectivity index (χ0v) is 14.2. The summed E-state index contributed by atoms with van der Waals surface area (Å²) in [4.78, 5) is 24.8. The highest BCUT2D eigenvalue weighted by Gasteiger charge is 2.57. The van der Waals surface area contributed by atoms with Gasteiger partial charge in [0.1, 0.15) is 0 Å². The Balaban J connectivity index is 1.61. The van der Waals surface area contributed by atoms with E-state index in [9.17, 15) is 9.59 Å². The van der Waals surface area contributed by atoms with Crippen molar-refractivity contribution in [1.82, 2.24) is 10.6 Å². The molecule has 2 N–H and O–H groups in total. The van der Waals surface area contributed by atoms with Gasteiger partial charge in [-0.25, -0.2) is 0 Å². The van der Waals surface area contributed by atoms with Crippen LogP contribution in [0.4, 0.5) is 0 Å². The normalized spacial score (nSPS) is 33.3. The van der Waals surface area contributed by atoms with Crippen LogP contribution in [0, 0.1) is 17.3 Å². The van der Waals surface area contributed by atoms with E-state index in [1.54, 1.807) is 0 Å². The summed E-state index contributed by atoms with van der Waals surface area (Å²) in [6.45, 7) is 2.05. The number of esters is 1. The molecule has 1 saturated heterocycles. The summed E-state index contributed by atoms with van der Waals surface area (Å²) >= 11 is 0. The van der Waals surface area contributed by atoms with Gasteiger partial charge in [0.25, 0.3) is 0 Å². The Morgan fingerprint density at radius 2 is 1.78 bits per heavy atom. The monoisotopic (exact) mass is 322 g/mol. The standard InChI is InChI=1S/C18H30N2O3/c1-23-17(22)13-6-4-2-3-5-7-15(13)20-16(21)14-12-18(14)8-10-19-11-9-18/h13-15,19H,2-12H2,1H3,(H,20,21). The fourth-order valence-electron chi connectivity index (χ4n) is 4.57. The van der Waals surface area contributed by atoms with Crippen LogP contribution in [0.25, 0.3) is 0 Å². The van der Waals surface area contributed by atoms with E-state index in [0.29, 0.717) is 0 Å². The quantitative estimate of drug-likeness (QED) is 0.780. The smallest absolute Gasteiger partial charge is 0.310 e. The lowest BCUT2D eigenvalue weighted by Gasteiger charge is -2.29. The highest BCUT2D eigenvalue weighted by Crippen LogP contribution is 2.58. The average molecular weight is 322 g/mol. The molecule has 1 heterocycles. The summed E-state index contributed by atoms with van der Waals surface area (Å²) in [5, 5.41) is 6.60. The molecule has 2 saturated carbocycles. The fraction of sp³-hybridized carbons (Fsp3) is 0.889. The third-order valence-corrected chi connectivity index (χ3v) is 6.20. The summed E-state index contributed by atoms with van der Waals surface area (Å²) < 4.78 is 4.99. The van der Waals surface area contributed by atoms with E-state index in [-0.39, 0.29) is 35.2 Å². The van der Waals surface area contributed by atoms with Crippen molar-refractivity contribution in [2.75, 3.05) is 20.2 Å². The highest BCUT2D eigenvalue weighted by molar-refractivity contribution is 5.84. The highest BCUT2D eigenvalue weighted by atomic mass is 16.5. The Morgan fingerprint density at radius 1 is 1.09 bits per heavy atom. The minimum Gasteiger partial charge on any atom is -0.469 e. The molecule has 3 rings (SSSR count). The Bertz CT molecular complexity index is 446. The van der Waals surface area contributed by atoms with Crippen molar-refractivity contribution in [1.29, 1.82) is 0 Å². The fourth-order valence-corrected chi connectivity index (χ4v) is 4.57. The van der Waals surface area contributed by atoms with Gasteiger partial charge in [-0.05, 0) is 50.6 Å². The predicted molar refractivity (Wildman–Crippen MR) is 87.8 cm³/mol. The third kappa shape index (κ3) is 3.70. The van der Waals surface area contributed by atoms with Crippen molar-refractivity contribution in [2.24, 2.45) is 17.3 Å². The number of carbonyl (C=O) groups is 2. The topological polar surface area (TPSA) is 67.4 Å². The first-order valence-electron chi connectivity index (χ1n) is 9.25. The second kappa shape index (κ2) is 7.20. The molecule has 3 atom stereocenters. The van der Waals surface area contributed by atoms with Gasteiger partial charge in [-0.3, -0.25) is 9.59 Å². The van der Waals surface area contributed by atoms with Crippen LogP contribution in [0.3, 0.4) is 0 Å². The van der Waals surface area contributed by atoms with Crippen LogP contribution in [0.5, 0.6) is 0 Å². The van der Waals surface area contributed by atoms with Crippen LogP contribution in [0.2, 0.25) is 0 Å². The second-order valence-electron chi connectivity index (χ2n) is 7.61. The van der Waals surface area contributed by atoms with Crippen LogP contribution >= 0.6 is 0 Å². The van der Waals surface area contributed by atoms with E-state index in [2.05, 4.69) is 10.6 Å². The number of carbonyl (C=O) groups excluding carboxylic acids is 2. The van der Waals surface area contributed by atoms with E-state index in [4.69, 9.17) is 4.74 Å². The van der Waals surface area contributed by atoms with E-state index >= 15 is 0 Å². The summed E-state index contributed by atoms with van der Waals surface area (Å²) in [5.41, 5.74) is 0.248. The molecule has 3 fully saturated rings. The summed E-state index contributed by atoms with van der Waals surface area (Å²) in [6.07, 6.45) is 9.46. The predicted octanol–water partition coefficient (Wildman–Crippen LogP) is 2.00. The SMILES string of the molecule is COC(=O)C1CCCCCCC1NC(=O)C1CC12CCNCC2. The van der Waals surface area contributed by atoms with Gasteiger partial charge in [-0.1, -0.05) is 25.7 Å². The second-order valence-corrected chi connectivity index (χ2v) is 7.61. The van der Waals surface area contributed by atoms with Crippen LogP contribution < -0.4 is 10.6 Å². The van der Waals surface area contributed by atoms with Crippen LogP contribution in [0.15, 0.2) is 0 Å². The van der Waals surface area contributed by atoms with Crippen LogP contribution in [-0.2, 0) is 14.3 Å². The number of piperidine rings is 1. The first-order chi connectivity index (χ1) is 11.2. The number of hydrogen-bond acceptors (Lipinski definition) is 4. The molecule has 130 valence electrons. The molecule has 23 heavy (non-hydrogen) atoms. The number of amides is 1. The maximum Gasteiger partial charge on any atom is 0.310 e. The zero-order valence-electron chi connectivity index (χ0n) is 14.2. The lowest BCUT2D eigenvalue weighted by Crippen LogP contribution is -2.45. The number of rotatable bonds is 3. The average Bonchev–Trinajstić information content (AvgIpc) is 3.23. The molecule has 0 aromatic carbocycles. The van der Waals surface area contributed by atoms with E-state index < -0.39 is 0 Å². The molecular formula is C18H30N2O3. The molecule has 5 nitrogen and oxygen atoms in total. The molecule has 0 aromatic heterocycles. The zero-order chi connectivity index (χ0) is 16.3. The van der Waals surface area contributed by atoms with Gasteiger partial charge < -0.3 is 15.4 Å². The van der Waals surface area contributed by atoms with Crippen molar-refractivity contribution < 1.29 is 14.3 Å². The Kier molecular flexibility index (Phi) is 5.24. The van der Waals surface area contributed by atoms with Crippen molar-refractivity contribution >= 4 is 11.9 Å². The maximum atomic E-state index is 12.7. The number of hydrogen-bond donors (Lipinski definition) is 2. The summed E-state index contributed by atoms with van der Waals surface area (Å²) in [6, 6.07) is -0.0467. The van der Waals surface area contributed by atoms with Crippen molar-refractivity contribution in [3.05, 3.63) is 0 Å². The molecule has 3 unspecified atom stereocenters.